The number of rotatable bonds is 8. The highest BCUT2D eigenvalue weighted by Crippen LogP contribution is 2.23. The highest BCUT2D eigenvalue weighted by Gasteiger charge is 2.20. The summed E-state index contributed by atoms with van der Waals surface area (Å²) in [6, 6.07) is 6.75. The van der Waals surface area contributed by atoms with Gasteiger partial charge in [0.2, 0.25) is 15.9 Å². The van der Waals surface area contributed by atoms with Crippen molar-refractivity contribution < 1.29 is 17.7 Å². The van der Waals surface area contributed by atoms with E-state index in [-0.39, 0.29) is 10.8 Å². The maximum atomic E-state index is 12.5. The molecule has 0 saturated carbocycles. The predicted octanol–water partition coefficient (Wildman–Crippen LogP) is 2.19. The number of imidazole rings is 1. The third-order valence-electron chi connectivity index (χ3n) is 4.96. The lowest BCUT2D eigenvalue weighted by molar-refractivity contribution is -0.130. The van der Waals surface area contributed by atoms with Crippen LogP contribution in [0.15, 0.2) is 33.7 Å². The predicted molar refractivity (Wildman–Crippen MR) is 112 cm³/mol. The van der Waals surface area contributed by atoms with Crippen LogP contribution in [0, 0.1) is 6.92 Å². The lowest BCUT2D eigenvalue weighted by Crippen LogP contribution is -2.26. The zero-order valence-electron chi connectivity index (χ0n) is 17.9. The van der Waals surface area contributed by atoms with Crippen LogP contribution in [0.3, 0.4) is 0 Å². The molecule has 0 N–H and O–H groups in total. The van der Waals surface area contributed by atoms with Crippen LogP contribution in [0.2, 0.25) is 0 Å². The second-order valence-corrected chi connectivity index (χ2v) is 9.54. The maximum Gasteiger partial charge on any atom is 0.242 e. The second kappa shape index (κ2) is 8.57. The molecule has 0 bridgehead atoms. The molecule has 162 valence electrons. The van der Waals surface area contributed by atoms with Crippen molar-refractivity contribution in [1.29, 1.82) is 0 Å². The highest BCUT2D eigenvalue weighted by molar-refractivity contribution is 7.89. The van der Waals surface area contributed by atoms with Crippen molar-refractivity contribution in [3.8, 4) is 0 Å². The fourth-order valence-electron chi connectivity index (χ4n) is 3.31. The zero-order chi connectivity index (χ0) is 22.1. The Kier molecular flexibility index (Phi) is 6.27. The second-order valence-electron chi connectivity index (χ2n) is 7.39. The van der Waals surface area contributed by atoms with Crippen molar-refractivity contribution in [3.05, 3.63) is 41.5 Å². The van der Waals surface area contributed by atoms with Gasteiger partial charge in [0.25, 0.3) is 0 Å². The SMILES string of the molecule is CCn1c(CCC(=O)N(C)Cc2cc(C)on2)nc2cc(S(=O)(=O)N(C)C)ccc21. The quantitative estimate of drug-likeness (QED) is 0.540. The first-order valence-corrected chi connectivity index (χ1v) is 11.1. The molecule has 3 rings (SSSR count). The number of aromatic nitrogens is 3. The number of hydrogen-bond acceptors (Lipinski definition) is 6. The summed E-state index contributed by atoms with van der Waals surface area (Å²) in [5.74, 6) is 1.44. The summed E-state index contributed by atoms with van der Waals surface area (Å²) in [6.45, 7) is 4.86. The van der Waals surface area contributed by atoms with Gasteiger partial charge >= 0.3 is 0 Å². The number of aryl methyl sites for hydroxylation is 3. The standard InChI is InChI=1S/C20H27N5O4S/c1-6-25-18-8-7-16(30(27,28)23(3)4)12-17(18)21-19(25)9-10-20(26)24(5)13-15-11-14(2)29-22-15/h7-8,11-12H,6,9-10,13H2,1-5H3. The minimum Gasteiger partial charge on any atom is -0.361 e. The van der Waals surface area contributed by atoms with E-state index in [0.29, 0.717) is 42.9 Å². The smallest absolute Gasteiger partial charge is 0.242 e. The minimum absolute atomic E-state index is 0.0266. The van der Waals surface area contributed by atoms with Gasteiger partial charge in [0.05, 0.1) is 22.5 Å². The van der Waals surface area contributed by atoms with Gasteiger partial charge in [-0.25, -0.2) is 17.7 Å². The van der Waals surface area contributed by atoms with Crippen LogP contribution in [0.5, 0.6) is 0 Å². The normalized spacial score (nSPS) is 12.1. The first kappa shape index (κ1) is 22.0. The van der Waals surface area contributed by atoms with Gasteiger partial charge in [-0.15, -0.1) is 0 Å². The summed E-state index contributed by atoms with van der Waals surface area (Å²) < 4.78 is 33.0. The molecule has 0 spiro atoms. The largest absolute Gasteiger partial charge is 0.361 e. The summed E-state index contributed by atoms with van der Waals surface area (Å²) in [6.07, 6.45) is 0.749. The van der Waals surface area contributed by atoms with E-state index in [1.807, 2.05) is 18.4 Å². The summed E-state index contributed by atoms with van der Waals surface area (Å²) in [7, 11) is 1.19. The minimum atomic E-state index is -3.53. The molecule has 1 amide bonds. The number of nitrogens with zero attached hydrogens (tertiary/aromatic N) is 5. The Balaban J connectivity index is 1.77. The van der Waals surface area contributed by atoms with Crippen LogP contribution in [0.4, 0.5) is 0 Å². The summed E-state index contributed by atoms with van der Waals surface area (Å²) >= 11 is 0. The van der Waals surface area contributed by atoms with E-state index in [1.54, 1.807) is 36.2 Å². The molecule has 0 fully saturated rings. The molecule has 2 aromatic heterocycles. The molecule has 0 aliphatic heterocycles. The van der Waals surface area contributed by atoms with Crippen molar-refractivity contribution in [2.45, 2.75) is 44.7 Å². The lowest BCUT2D eigenvalue weighted by Gasteiger charge is -2.15. The van der Waals surface area contributed by atoms with Gasteiger partial charge in [-0.3, -0.25) is 4.79 Å². The average Bonchev–Trinajstić information content (AvgIpc) is 3.27. The summed E-state index contributed by atoms with van der Waals surface area (Å²) in [4.78, 5) is 19.0. The third-order valence-corrected chi connectivity index (χ3v) is 6.77. The average molecular weight is 434 g/mol. The van der Waals surface area contributed by atoms with Crippen LogP contribution in [0.25, 0.3) is 11.0 Å². The molecular formula is C20H27N5O4S. The van der Waals surface area contributed by atoms with E-state index in [1.165, 1.54) is 18.4 Å². The molecule has 3 aromatic rings. The monoisotopic (exact) mass is 433 g/mol. The van der Waals surface area contributed by atoms with E-state index in [9.17, 15) is 13.2 Å². The Labute approximate surface area is 176 Å². The Morgan fingerprint density at radius 3 is 2.53 bits per heavy atom. The number of sulfonamides is 1. The molecule has 2 heterocycles. The summed E-state index contributed by atoms with van der Waals surface area (Å²) in [5, 5.41) is 3.92. The van der Waals surface area contributed by atoms with Crippen molar-refractivity contribution in [3.63, 3.8) is 0 Å². The van der Waals surface area contributed by atoms with Crippen LogP contribution in [0.1, 0.15) is 30.6 Å². The highest BCUT2D eigenvalue weighted by atomic mass is 32.2. The van der Waals surface area contributed by atoms with Gasteiger partial charge < -0.3 is 14.0 Å². The van der Waals surface area contributed by atoms with E-state index < -0.39 is 10.0 Å². The van der Waals surface area contributed by atoms with Gasteiger partial charge in [-0.2, -0.15) is 0 Å². The fraction of sp³-hybridized carbons (Fsp3) is 0.450. The molecule has 0 aliphatic rings. The Hall–Kier alpha value is -2.72. The van der Waals surface area contributed by atoms with Crippen molar-refractivity contribution in [2.24, 2.45) is 0 Å². The number of carbonyl (C=O) groups excluding carboxylic acids is 1. The topological polar surface area (TPSA) is 102 Å². The number of carbonyl (C=O) groups is 1. The maximum absolute atomic E-state index is 12.5. The van der Waals surface area contributed by atoms with Crippen molar-refractivity contribution in [1.82, 2.24) is 23.9 Å². The van der Waals surface area contributed by atoms with Crippen molar-refractivity contribution in [2.75, 3.05) is 21.1 Å². The fourth-order valence-corrected chi connectivity index (χ4v) is 4.23. The van der Waals surface area contributed by atoms with Gasteiger partial charge in [-0.05, 0) is 32.0 Å². The lowest BCUT2D eigenvalue weighted by atomic mass is 10.2. The van der Waals surface area contributed by atoms with Crippen LogP contribution < -0.4 is 0 Å². The number of hydrogen-bond donors (Lipinski definition) is 0. The molecule has 10 heteroatoms. The Morgan fingerprint density at radius 2 is 1.93 bits per heavy atom. The molecule has 0 aliphatic carbocycles. The van der Waals surface area contributed by atoms with E-state index in [4.69, 9.17) is 4.52 Å². The van der Waals surface area contributed by atoms with Crippen LogP contribution in [-0.4, -0.2) is 59.4 Å². The summed E-state index contributed by atoms with van der Waals surface area (Å²) in [5.41, 5.74) is 2.16. The Bertz CT molecular complexity index is 1160. The van der Waals surface area contributed by atoms with E-state index >= 15 is 0 Å². The van der Waals surface area contributed by atoms with Gasteiger partial charge in [0, 0.05) is 46.6 Å². The molecule has 9 nitrogen and oxygen atoms in total. The molecular weight excluding hydrogens is 406 g/mol. The third kappa shape index (κ3) is 4.39. The van der Waals surface area contributed by atoms with Crippen LogP contribution >= 0.6 is 0 Å². The molecule has 0 radical (unpaired) electrons. The molecule has 0 unspecified atom stereocenters. The van der Waals surface area contributed by atoms with Crippen LogP contribution in [-0.2, 0) is 34.3 Å². The van der Waals surface area contributed by atoms with E-state index in [2.05, 4.69) is 10.1 Å². The molecule has 0 saturated heterocycles. The van der Waals surface area contributed by atoms with Gasteiger partial charge in [0.1, 0.15) is 17.3 Å². The van der Waals surface area contributed by atoms with Gasteiger partial charge in [0.15, 0.2) is 0 Å². The molecule has 30 heavy (non-hydrogen) atoms. The molecule has 0 atom stereocenters. The first-order chi connectivity index (χ1) is 14.1. The van der Waals surface area contributed by atoms with Crippen molar-refractivity contribution >= 4 is 27.0 Å². The number of benzene rings is 1. The Morgan fingerprint density at radius 1 is 1.20 bits per heavy atom. The molecule has 1 aromatic carbocycles. The van der Waals surface area contributed by atoms with E-state index in [0.717, 1.165) is 11.3 Å². The zero-order valence-corrected chi connectivity index (χ0v) is 18.7. The number of amides is 1. The number of fused-ring (bicyclic) bond motifs is 1. The first-order valence-electron chi connectivity index (χ1n) is 9.71. The van der Waals surface area contributed by atoms with Gasteiger partial charge in [-0.1, -0.05) is 5.16 Å².